The summed E-state index contributed by atoms with van der Waals surface area (Å²) in [7, 11) is 0. The first-order valence-corrected chi connectivity index (χ1v) is 4.31. The highest BCUT2D eigenvalue weighted by atomic mass is 127. The zero-order chi connectivity index (χ0) is 7.84. The van der Waals surface area contributed by atoms with E-state index >= 15 is 0 Å². The Labute approximate surface area is 77.7 Å². The molecule has 2 rings (SSSR count). The van der Waals surface area contributed by atoms with Crippen molar-refractivity contribution in [2.75, 3.05) is 6.61 Å². The summed E-state index contributed by atoms with van der Waals surface area (Å²) < 4.78 is 6.11. The predicted octanol–water partition coefficient (Wildman–Crippen LogP) is 1.87. The summed E-state index contributed by atoms with van der Waals surface area (Å²) in [6.45, 7) is 0.204. The minimum Gasteiger partial charge on any atom is -0.485 e. The molecule has 11 heavy (non-hydrogen) atoms. The number of hydrogen-bond acceptors (Lipinski definition) is 2. The minimum absolute atomic E-state index is 0.0880. The third-order valence-corrected chi connectivity index (χ3v) is 2.51. The van der Waals surface area contributed by atoms with E-state index < -0.39 is 0 Å². The van der Waals surface area contributed by atoms with Crippen LogP contribution in [0, 0.1) is 3.57 Å². The molecule has 1 aromatic carbocycles. The highest BCUT2D eigenvalue weighted by Crippen LogP contribution is 2.28. The zero-order valence-corrected chi connectivity index (χ0v) is 7.79. The van der Waals surface area contributed by atoms with Gasteiger partial charge in [0.25, 0.3) is 0 Å². The van der Waals surface area contributed by atoms with Gasteiger partial charge in [-0.3, -0.25) is 4.79 Å². The Hall–Kier alpha value is -0.580. The molecule has 0 aliphatic carbocycles. The molecule has 1 aliphatic rings. The number of fused-ring (bicyclic) bond motifs is 1. The summed E-state index contributed by atoms with van der Waals surface area (Å²) in [5.74, 6) is 0.812. The number of carbonyl (C=O) groups excluding carboxylic acids is 1. The molecule has 0 atom stereocenters. The van der Waals surface area contributed by atoms with Gasteiger partial charge in [-0.1, -0.05) is 6.07 Å². The minimum atomic E-state index is 0.0880. The number of hydrogen-bond donors (Lipinski definition) is 0. The molecular formula is C8H5IO2. The van der Waals surface area contributed by atoms with E-state index in [0.29, 0.717) is 0 Å². The van der Waals surface area contributed by atoms with Crippen LogP contribution >= 0.6 is 22.6 Å². The summed E-state index contributed by atoms with van der Waals surface area (Å²) in [5, 5.41) is 0. The van der Waals surface area contributed by atoms with Gasteiger partial charge in [-0.15, -0.1) is 0 Å². The van der Waals surface area contributed by atoms with E-state index in [1.54, 1.807) is 0 Å². The molecule has 1 aliphatic heterocycles. The van der Waals surface area contributed by atoms with Crippen LogP contribution in [-0.2, 0) is 0 Å². The molecule has 1 aromatic rings. The molecule has 1 heterocycles. The lowest BCUT2D eigenvalue weighted by Gasteiger charge is -1.96. The molecule has 0 N–H and O–H groups in total. The quantitative estimate of drug-likeness (QED) is 0.665. The fourth-order valence-corrected chi connectivity index (χ4v) is 1.88. The number of carbonyl (C=O) groups is 1. The smallest absolute Gasteiger partial charge is 0.204 e. The molecule has 3 heteroatoms. The zero-order valence-electron chi connectivity index (χ0n) is 5.63. The van der Waals surface area contributed by atoms with E-state index in [9.17, 15) is 4.79 Å². The number of ketones is 1. The molecule has 56 valence electrons. The van der Waals surface area contributed by atoms with Gasteiger partial charge in [0.1, 0.15) is 5.75 Å². The lowest BCUT2D eigenvalue weighted by Crippen LogP contribution is -2.00. The fraction of sp³-hybridized carbons (Fsp3) is 0.125. The third kappa shape index (κ3) is 1.03. The number of benzene rings is 1. The van der Waals surface area contributed by atoms with E-state index in [0.717, 1.165) is 14.9 Å². The first-order valence-electron chi connectivity index (χ1n) is 3.23. The molecule has 0 saturated heterocycles. The van der Waals surface area contributed by atoms with Crippen LogP contribution in [0.15, 0.2) is 18.2 Å². The maximum atomic E-state index is 11.2. The van der Waals surface area contributed by atoms with E-state index in [1.165, 1.54) is 0 Å². The molecule has 0 fully saturated rings. The Kier molecular flexibility index (Phi) is 1.60. The second-order valence-corrected chi connectivity index (χ2v) is 3.49. The number of halogens is 1. The summed E-state index contributed by atoms with van der Waals surface area (Å²) >= 11 is 2.14. The highest BCUT2D eigenvalue weighted by molar-refractivity contribution is 14.1. The molecule has 0 unspecified atom stereocenters. The van der Waals surface area contributed by atoms with Crippen molar-refractivity contribution < 1.29 is 9.53 Å². The molecule has 0 bridgehead atoms. The van der Waals surface area contributed by atoms with E-state index in [2.05, 4.69) is 22.6 Å². The van der Waals surface area contributed by atoms with Gasteiger partial charge in [0.2, 0.25) is 5.78 Å². The lowest BCUT2D eigenvalue weighted by atomic mass is 10.2. The number of rotatable bonds is 0. The van der Waals surface area contributed by atoms with Crippen LogP contribution in [-0.4, -0.2) is 12.4 Å². The SMILES string of the molecule is O=C1COc2cccc(I)c21. The first-order chi connectivity index (χ1) is 5.29. The first kappa shape index (κ1) is 7.09. The van der Waals surface area contributed by atoms with Gasteiger partial charge in [0, 0.05) is 3.57 Å². The number of Topliss-reactive ketones (excluding diaryl/α,β-unsaturated/α-hetero) is 1. The monoisotopic (exact) mass is 260 g/mol. The molecular weight excluding hydrogens is 255 g/mol. The van der Waals surface area contributed by atoms with Crippen molar-refractivity contribution in [3.8, 4) is 5.75 Å². The lowest BCUT2D eigenvalue weighted by molar-refractivity contribution is 0.0960. The normalized spacial score (nSPS) is 14.5. The van der Waals surface area contributed by atoms with Crippen molar-refractivity contribution >= 4 is 28.4 Å². The predicted molar refractivity (Wildman–Crippen MR) is 49.0 cm³/mol. The van der Waals surface area contributed by atoms with Crippen LogP contribution < -0.4 is 4.74 Å². The summed E-state index contributed by atoms with van der Waals surface area (Å²) in [6, 6.07) is 5.62. The molecule has 0 saturated carbocycles. The van der Waals surface area contributed by atoms with Gasteiger partial charge in [-0.2, -0.15) is 0 Å². The van der Waals surface area contributed by atoms with Gasteiger partial charge < -0.3 is 4.74 Å². The molecule has 0 radical (unpaired) electrons. The van der Waals surface area contributed by atoms with Crippen LogP contribution in [0.4, 0.5) is 0 Å². The van der Waals surface area contributed by atoms with Gasteiger partial charge in [0.15, 0.2) is 6.61 Å². The Morgan fingerprint density at radius 1 is 1.45 bits per heavy atom. The fourth-order valence-electron chi connectivity index (χ4n) is 1.11. The van der Waals surface area contributed by atoms with E-state index in [1.807, 2.05) is 18.2 Å². The van der Waals surface area contributed by atoms with E-state index in [4.69, 9.17) is 4.74 Å². The van der Waals surface area contributed by atoms with Crippen LogP contribution in [0.2, 0.25) is 0 Å². The van der Waals surface area contributed by atoms with Crippen molar-refractivity contribution in [1.82, 2.24) is 0 Å². The van der Waals surface area contributed by atoms with Gasteiger partial charge in [0.05, 0.1) is 5.56 Å². The average Bonchev–Trinajstić information content (AvgIpc) is 2.34. The maximum absolute atomic E-state index is 11.2. The van der Waals surface area contributed by atoms with Gasteiger partial charge in [-0.25, -0.2) is 0 Å². The van der Waals surface area contributed by atoms with Gasteiger partial charge in [-0.05, 0) is 34.7 Å². The number of ether oxygens (including phenoxy) is 1. The topological polar surface area (TPSA) is 26.3 Å². The average molecular weight is 260 g/mol. The van der Waals surface area contributed by atoms with E-state index in [-0.39, 0.29) is 12.4 Å². The summed E-state index contributed by atoms with van der Waals surface area (Å²) in [4.78, 5) is 11.2. The Bertz CT molecular complexity index is 320. The largest absolute Gasteiger partial charge is 0.485 e. The standard InChI is InChI=1S/C8H5IO2/c9-5-2-1-3-7-8(5)6(10)4-11-7/h1-3H,4H2. The second kappa shape index (κ2) is 2.48. The summed E-state index contributed by atoms with van der Waals surface area (Å²) in [5.41, 5.74) is 0.744. The Balaban J connectivity index is 2.68. The van der Waals surface area contributed by atoms with Crippen molar-refractivity contribution in [3.05, 3.63) is 27.3 Å². The Morgan fingerprint density at radius 3 is 3.00 bits per heavy atom. The molecule has 2 nitrogen and oxygen atoms in total. The van der Waals surface area contributed by atoms with Crippen molar-refractivity contribution in [2.24, 2.45) is 0 Å². The van der Waals surface area contributed by atoms with Crippen LogP contribution in [0.3, 0.4) is 0 Å². The maximum Gasteiger partial charge on any atom is 0.204 e. The van der Waals surface area contributed by atoms with Gasteiger partial charge >= 0.3 is 0 Å². The highest BCUT2D eigenvalue weighted by Gasteiger charge is 2.22. The van der Waals surface area contributed by atoms with Crippen LogP contribution in [0.5, 0.6) is 5.75 Å². The molecule has 0 amide bonds. The molecule has 0 spiro atoms. The van der Waals surface area contributed by atoms with Crippen molar-refractivity contribution in [2.45, 2.75) is 0 Å². The van der Waals surface area contributed by atoms with Crippen molar-refractivity contribution in [3.63, 3.8) is 0 Å². The Morgan fingerprint density at radius 2 is 2.27 bits per heavy atom. The summed E-state index contributed by atoms with van der Waals surface area (Å²) in [6.07, 6.45) is 0. The molecule has 0 aromatic heterocycles. The second-order valence-electron chi connectivity index (χ2n) is 2.32. The van der Waals surface area contributed by atoms with Crippen LogP contribution in [0.1, 0.15) is 10.4 Å². The van der Waals surface area contributed by atoms with Crippen molar-refractivity contribution in [1.29, 1.82) is 0 Å². The van der Waals surface area contributed by atoms with Crippen LogP contribution in [0.25, 0.3) is 0 Å². The third-order valence-electron chi connectivity index (χ3n) is 1.61.